The summed E-state index contributed by atoms with van der Waals surface area (Å²) in [5.41, 5.74) is 0.583. The average molecular weight is 641 g/mol. The molecule has 16 heteroatoms. The van der Waals surface area contributed by atoms with E-state index >= 15 is 0 Å². The van der Waals surface area contributed by atoms with Crippen LogP contribution in [0.4, 0.5) is 0 Å². The van der Waals surface area contributed by atoms with E-state index in [0.29, 0.717) is 5.56 Å². The number of aliphatic hydroxyl groups excluding tert-OH is 8. The fourth-order valence-corrected chi connectivity index (χ4v) is 5.21. The van der Waals surface area contributed by atoms with Gasteiger partial charge < -0.3 is 79.1 Å². The summed E-state index contributed by atoms with van der Waals surface area (Å²) >= 11 is 0. The summed E-state index contributed by atoms with van der Waals surface area (Å²) in [6, 6.07) is 7.28. The summed E-state index contributed by atoms with van der Waals surface area (Å²) in [5.74, 6) is 0.282. The van der Waals surface area contributed by atoms with Crippen LogP contribution >= 0.6 is 0 Å². The van der Waals surface area contributed by atoms with Crippen LogP contribution in [0.2, 0.25) is 0 Å². The summed E-state index contributed by atoms with van der Waals surface area (Å²) in [6.07, 6.45) is -15.6. The quantitative estimate of drug-likeness (QED) is 0.142. The van der Waals surface area contributed by atoms with Gasteiger partial charge in [0, 0.05) is 17.7 Å². The van der Waals surface area contributed by atoms with Gasteiger partial charge in [-0.3, -0.25) is 0 Å². The molecule has 0 saturated carbocycles. The molecule has 1 unspecified atom stereocenters. The van der Waals surface area contributed by atoms with Crippen LogP contribution in [0.3, 0.4) is 0 Å². The van der Waals surface area contributed by atoms with Gasteiger partial charge in [-0.15, -0.1) is 0 Å². The van der Waals surface area contributed by atoms with Crippen molar-refractivity contribution in [2.45, 2.75) is 67.5 Å². The Morgan fingerprint density at radius 1 is 0.689 bits per heavy atom. The Kier molecular flexibility index (Phi) is 9.90. The second-order valence-corrected chi connectivity index (χ2v) is 10.6. The highest BCUT2D eigenvalue weighted by Gasteiger charge is 2.47. The first-order valence-electron chi connectivity index (χ1n) is 13.9. The lowest BCUT2D eigenvalue weighted by atomic mass is 9.98. The second-order valence-electron chi connectivity index (χ2n) is 10.6. The van der Waals surface area contributed by atoms with Crippen molar-refractivity contribution in [1.82, 2.24) is 0 Å². The second kappa shape index (κ2) is 13.5. The first-order chi connectivity index (χ1) is 21.5. The molecule has 0 aromatic heterocycles. The Morgan fingerprint density at radius 2 is 1.29 bits per heavy atom. The van der Waals surface area contributed by atoms with Gasteiger partial charge >= 0.3 is 0 Å². The van der Waals surface area contributed by atoms with Crippen LogP contribution in [0.15, 0.2) is 36.1 Å². The van der Waals surface area contributed by atoms with Crippen LogP contribution < -0.4 is 18.9 Å². The van der Waals surface area contributed by atoms with Gasteiger partial charge in [0.25, 0.3) is 0 Å². The van der Waals surface area contributed by atoms with Gasteiger partial charge in [0.15, 0.2) is 17.6 Å². The topological polar surface area (TPSA) is 247 Å². The van der Waals surface area contributed by atoms with Gasteiger partial charge in [-0.2, -0.15) is 0 Å². The van der Waals surface area contributed by atoms with Crippen LogP contribution in [-0.2, 0) is 14.2 Å². The Bertz CT molecular complexity index is 1360. The van der Waals surface area contributed by atoms with Gasteiger partial charge in [-0.05, 0) is 18.2 Å². The van der Waals surface area contributed by atoms with Crippen LogP contribution in [0.1, 0.15) is 17.2 Å². The Hall–Kier alpha value is -3.42. The maximum Gasteiger partial charge on any atom is 0.229 e. The molecule has 3 heterocycles. The largest absolute Gasteiger partial charge is 0.504 e. The normalized spacial score (nSPS) is 34.6. The van der Waals surface area contributed by atoms with Crippen molar-refractivity contribution < 1.29 is 79.1 Å². The smallest absolute Gasteiger partial charge is 0.229 e. The van der Waals surface area contributed by atoms with Crippen molar-refractivity contribution in [3.63, 3.8) is 0 Å². The minimum Gasteiger partial charge on any atom is -0.504 e. The fourth-order valence-electron chi connectivity index (χ4n) is 5.21. The molecule has 0 spiro atoms. The van der Waals surface area contributed by atoms with Crippen molar-refractivity contribution in [1.29, 1.82) is 0 Å². The van der Waals surface area contributed by atoms with E-state index in [4.69, 9.17) is 33.2 Å². The molecule has 2 aromatic carbocycles. The lowest BCUT2D eigenvalue weighted by molar-refractivity contribution is -0.293. The predicted octanol–water partition coefficient (Wildman–Crippen LogP) is -2.12. The molecule has 3 aliphatic rings. The van der Waals surface area contributed by atoms with Gasteiger partial charge in [-0.25, -0.2) is 0 Å². The molecule has 248 valence electrons. The standard InChI is InChI=1S/C29H36O16/c1-39-12-6-15-13(16(7-12)42-28-25(37)23(35)21(33)19(9-30)44-28)8-18(27(41-15)11-3-4-14(32)17(5-11)40-2)43-29-26(38)24(36)22(34)20(10-31)45-29/h3-8,19-38H,9-10H2,1-2H3/t19-,20+,21+,22+,23-,24-,25+,26+,27?,28+,29+/m0/s1. The maximum atomic E-state index is 10.7. The van der Waals surface area contributed by atoms with Gasteiger partial charge in [-0.1, -0.05) is 6.07 Å². The monoisotopic (exact) mass is 640 g/mol. The summed E-state index contributed by atoms with van der Waals surface area (Å²) in [4.78, 5) is 0. The SMILES string of the molecule is COc1cc2c(c(O[C@@H]3O[C@@H](CO)[C@@H](O)[C@H](O)[C@H]3O)c1)C=C(O[C@@H]1O[C@H](CO)[C@@H](O)[C@H](O)[C@H]1O)C(c1ccc(O)c(OC)c1)O2. The van der Waals surface area contributed by atoms with E-state index in [2.05, 4.69) is 0 Å². The van der Waals surface area contributed by atoms with E-state index in [0.717, 1.165) is 0 Å². The molecule has 0 radical (unpaired) electrons. The van der Waals surface area contributed by atoms with E-state index in [9.17, 15) is 46.0 Å². The van der Waals surface area contributed by atoms with Crippen molar-refractivity contribution in [3.05, 3.63) is 47.2 Å². The number of hydrogen-bond donors (Lipinski definition) is 9. The lowest BCUT2D eigenvalue weighted by Gasteiger charge is -2.41. The molecule has 2 fully saturated rings. The van der Waals surface area contributed by atoms with Crippen LogP contribution in [0.25, 0.3) is 6.08 Å². The van der Waals surface area contributed by atoms with E-state index in [-0.39, 0.29) is 40.1 Å². The van der Waals surface area contributed by atoms with Crippen LogP contribution in [0.5, 0.6) is 28.7 Å². The highest BCUT2D eigenvalue weighted by molar-refractivity contribution is 5.70. The molecular weight excluding hydrogens is 604 g/mol. The zero-order valence-corrected chi connectivity index (χ0v) is 24.1. The molecule has 45 heavy (non-hydrogen) atoms. The molecule has 9 N–H and O–H groups in total. The molecule has 2 saturated heterocycles. The predicted molar refractivity (Wildman–Crippen MR) is 148 cm³/mol. The third-order valence-electron chi connectivity index (χ3n) is 7.80. The summed E-state index contributed by atoms with van der Waals surface area (Å²) < 4.78 is 39.9. The van der Waals surface area contributed by atoms with Crippen molar-refractivity contribution in [2.75, 3.05) is 27.4 Å². The summed E-state index contributed by atoms with van der Waals surface area (Å²) in [6.45, 7) is -1.38. The minimum absolute atomic E-state index is 0.0229. The van der Waals surface area contributed by atoms with Crippen LogP contribution in [-0.4, -0.2) is 135 Å². The van der Waals surface area contributed by atoms with Gasteiger partial charge in [0.05, 0.1) is 33.0 Å². The van der Waals surface area contributed by atoms with E-state index in [1.165, 1.54) is 50.6 Å². The zero-order valence-electron chi connectivity index (χ0n) is 24.1. The number of rotatable bonds is 9. The number of fused-ring (bicyclic) bond motifs is 1. The highest BCUT2D eigenvalue weighted by Crippen LogP contribution is 2.46. The summed E-state index contributed by atoms with van der Waals surface area (Å²) in [7, 11) is 2.73. The fraction of sp³-hybridized carbons (Fsp3) is 0.517. The average Bonchev–Trinajstić information content (AvgIpc) is 3.05. The zero-order chi connectivity index (χ0) is 32.6. The number of aliphatic hydroxyl groups is 8. The molecule has 11 atom stereocenters. The molecular formula is C29H36O16. The molecule has 0 bridgehead atoms. The number of ether oxygens (including phenoxy) is 7. The molecule has 2 aromatic rings. The first kappa shape index (κ1) is 33.0. The van der Waals surface area contributed by atoms with Crippen LogP contribution in [0, 0.1) is 0 Å². The van der Waals surface area contributed by atoms with E-state index < -0.39 is 80.7 Å². The van der Waals surface area contributed by atoms with Crippen molar-refractivity contribution >= 4 is 6.08 Å². The molecule has 16 nitrogen and oxygen atoms in total. The Balaban J connectivity index is 1.57. The third-order valence-corrected chi connectivity index (χ3v) is 7.80. The van der Waals surface area contributed by atoms with Crippen molar-refractivity contribution in [2.24, 2.45) is 0 Å². The maximum absolute atomic E-state index is 10.7. The molecule has 0 aliphatic carbocycles. The lowest BCUT2D eigenvalue weighted by Crippen LogP contribution is -2.60. The first-order valence-corrected chi connectivity index (χ1v) is 13.9. The summed E-state index contributed by atoms with van der Waals surface area (Å²) in [5, 5.41) is 91.6. The van der Waals surface area contributed by atoms with Gasteiger partial charge in [0.1, 0.15) is 71.8 Å². The number of aromatic hydroxyl groups is 1. The molecule has 0 amide bonds. The van der Waals surface area contributed by atoms with Gasteiger partial charge in [0.2, 0.25) is 12.6 Å². The van der Waals surface area contributed by atoms with Crippen molar-refractivity contribution in [3.8, 4) is 28.7 Å². The number of methoxy groups -OCH3 is 2. The van der Waals surface area contributed by atoms with E-state index in [1.54, 1.807) is 0 Å². The van der Waals surface area contributed by atoms with E-state index in [1.807, 2.05) is 0 Å². The number of hydrogen-bond acceptors (Lipinski definition) is 16. The number of benzene rings is 2. The number of phenolic OH excluding ortho intramolecular Hbond substituents is 1. The molecule has 3 aliphatic heterocycles. The molecule has 5 rings (SSSR count). The minimum atomic E-state index is -1.76. The number of phenols is 1. The Labute approximate surface area is 256 Å². The third kappa shape index (κ3) is 6.34. The Morgan fingerprint density at radius 3 is 1.84 bits per heavy atom. The highest BCUT2D eigenvalue weighted by atomic mass is 16.7.